The molecule has 0 fully saturated rings. The second kappa shape index (κ2) is 11.4. The van der Waals surface area contributed by atoms with Gasteiger partial charge in [0.15, 0.2) is 0 Å². The molecule has 0 amide bonds. The molecule has 1 rings (SSSR count). The lowest BCUT2D eigenvalue weighted by Crippen LogP contribution is -2.48. The molecule has 1 aromatic carbocycles. The van der Waals surface area contributed by atoms with Crippen LogP contribution in [0.4, 0.5) is 0 Å². The molecule has 8 heteroatoms. The van der Waals surface area contributed by atoms with Gasteiger partial charge in [0.1, 0.15) is 5.54 Å². The van der Waals surface area contributed by atoms with Gasteiger partial charge in [-0.1, -0.05) is 43.2 Å². The van der Waals surface area contributed by atoms with E-state index in [2.05, 4.69) is 0 Å². The third kappa shape index (κ3) is 8.93. The predicted octanol–water partition coefficient (Wildman–Crippen LogP) is 1.44. The van der Waals surface area contributed by atoms with Crippen molar-refractivity contribution in [3.05, 3.63) is 35.9 Å². The van der Waals surface area contributed by atoms with Crippen LogP contribution in [0.15, 0.2) is 30.3 Å². The van der Waals surface area contributed by atoms with Gasteiger partial charge in [0.25, 0.3) is 0 Å². The smallest absolute Gasteiger partial charge is 0.451 e. The molecule has 0 spiro atoms. The van der Waals surface area contributed by atoms with E-state index in [-0.39, 0.29) is 38.2 Å². The zero-order valence-electron chi connectivity index (χ0n) is 13.1. The molecular weight excluding hydrogens is 320 g/mol. The van der Waals surface area contributed by atoms with Crippen LogP contribution in [-0.2, 0) is 16.1 Å². The molecule has 130 valence electrons. The summed E-state index contributed by atoms with van der Waals surface area (Å²) in [6.07, 6.45) is 1.77. The molecule has 0 aliphatic heterocycles. The molecule has 0 saturated carbocycles. The number of carboxylic acid groups (broad SMARTS) is 1. The fraction of sp³-hybridized carbons (Fsp3) is 0.533. The topological polar surface area (TPSA) is 113 Å². The molecule has 1 unspecified atom stereocenters. The number of halogens is 1. The number of carboxylic acids is 1. The Balaban J connectivity index is 0.00000484. The van der Waals surface area contributed by atoms with Crippen LogP contribution in [0, 0.1) is 0 Å². The highest BCUT2D eigenvalue weighted by molar-refractivity contribution is 6.40. The van der Waals surface area contributed by atoms with E-state index in [9.17, 15) is 9.90 Å². The van der Waals surface area contributed by atoms with E-state index in [0.29, 0.717) is 19.4 Å². The van der Waals surface area contributed by atoms with Crippen LogP contribution in [-0.4, -0.2) is 40.4 Å². The number of unbranched alkanes of at least 4 members (excludes halogenated alkanes) is 1. The van der Waals surface area contributed by atoms with Crippen LogP contribution < -0.4 is 5.73 Å². The van der Waals surface area contributed by atoms with E-state index in [4.69, 9.17) is 20.5 Å². The quantitative estimate of drug-likeness (QED) is 0.356. The van der Waals surface area contributed by atoms with Gasteiger partial charge >= 0.3 is 13.1 Å². The van der Waals surface area contributed by atoms with Crippen LogP contribution >= 0.6 is 12.4 Å². The highest BCUT2D eigenvalue weighted by Crippen LogP contribution is 2.18. The lowest BCUT2D eigenvalue weighted by molar-refractivity contribution is -0.144. The van der Waals surface area contributed by atoms with E-state index in [1.165, 1.54) is 0 Å². The summed E-state index contributed by atoms with van der Waals surface area (Å²) in [4.78, 5) is 11.3. The van der Waals surface area contributed by atoms with Gasteiger partial charge in [-0.15, -0.1) is 12.4 Å². The van der Waals surface area contributed by atoms with Crippen LogP contribution in [0.3, 0.4) is 0 Å². The van der Waals surface area contributed by atoms with Gasteiger partial charge in [-0.2, -0.15) is 0 Å². The third-order valence-corrected chi connectivity index (χ3v) is 3.57. The normalized spacial score (nSPS) is 13.0. The maximum absolute atomic E-state index is 11.3. The molecule has 6 nitrogen and oxygen atoms in total. The van der Waals surface area contributed by atoms with Gasteiger partial charge < -0.3 is 25.6 Å². The minimum absolute atomic E-state index is 0. The second-order valence-electron chi connectivity index (χ2n) is 5.48. The summed E-state index contributed by atoms with van der Waals surface area (Å²) in [5.74, 6) is -1.06. The van der Waals surface area contributed by atoms with E-state index < -0.39 is 18.6 Å². The van der Waals surface area contributed by atoms with Crippen molar-refractivity contribution in [2.45, 2.75) is 44.1 Å². The summed E-state index contributed by atoms with van der Waals surface area (Å²) in [7, 11) is -1.36. The molecule has 5 N–H and O–H groups in total. The number of nitrogens with two attached hydrogens (primary N) is 1. The minimum Gasteiger partial charge on any atom is -0.480 e. The molecular formula is C15H25BClNO5. The monoisotopic (exact) mass is 345 g/mol. The van der Waals surface area contributed by atoms with E-state index in [0.717, 1.165) is 5.56 Å². The van der Waals surface area contributed by atoms with Crippen molar-refractivity contribution >= 4 is 25.5 Å². The van der Waals surface area contributed by atoms with Gasteiger partial charge in [0.2, 0.25) is 0 Å². The van der Waals surface area contributed by atoms with E-state index in [1.54, 1.807) is 0 Å². The fourth-order valence-corrected chi connectivity index (χ4v) is 2.12. The first-order valence-corrected chi connectivity index (χ1v) is 7.44. The van der Waals surface area contributed by atoms with Crippen LogP contribution in [0.1, 0.15) is 31.2 Å². The highest BCUT2D eigenvalue weighted by Gasteiger charge is 2.33. The molecule has 0 aliphatic rings. The highest BCUT2D eigenvalue weighted by atomic mass is 35.5. The largest absolute Gasteiger partial charge is 0.480 e. The number of benzene rings is 1. The number of aliphatic carboxylic acids is 1. The first kappa shape index (κ1) is 21.9. The molecule has 1 atom stereocenters. The zero-order valence-corrected chi connectivity index (χ0v) is 13.9. The van der Waals surface area contributed by atoms with Crippen molar-refractivity contribution in [1.29, 1.82) is 0 Å². The lowest BCUT2D eigenvalue weighted by Gasteiger charge is -2.24. The number of hydrogen-bond acceptors (Lipinski definition) is 5. The van der Waals surface area contributed by atoms with E-state index in [1.807, 2.05) is 30.3 Å². The van der Waals surface area contributed by atoms with Crippen molar-refractivity contribution in [2.24, 2.45) is 5.73 Å². The summed E-state index contributed by atoms with van der Waals surface area (Å²) in [6, 6.07) is 9.62. The van der Waals surface area contributed by atoms with Gasteiger partial charge in [-0.05, 0) is 24.7 Å². The molecule has 0 bridgehead atoms. The van der Waals surface area contributed by atoms with Crippen LogP contribution in [0.5, 0.6) is 0 Å². The Morgan fingerprint density at radius 2 is 1.83 bits per heavy atom. The van der Waals surface area contributed by atoms with Gasteiger partial charge in [-0.25, -0.2) is 0 Å². The van der Waals surface area contributed by atoms with Gasteiger partial charge in [0.05, 0.1) is 6.61 Å². The van der Waals surface area contributed by atoms with Gasteiger partial charge in [0, 0.05) is 6.61 Å². The minimum atomic E-state index is -1.36. The standard InChI is InChI=1S/C15H24BNO5.ClH/c17-15(14(18)19,8-4-5-10-16(20)21)9-11-22-12-13-6-2-1-3-7-13;/h1-3,6-7,20-21H,4-5,8-12,17H2,(H,18,19);1H. The van der Waals surface area contributed by atoms with Crippen molar-refractivity contribution in [1.82, 2.24) is 0 Å². The Labute approximate surface area is 143 Å². The number of rotatable bonds is 11. The van der Waals surface area contributed by atoms with Crippen molar-refractivity contribution < 1.29 is 24.7 Å². The predicted molar refractivity (Wildman–Crippen MR) is 91.4 cm³/mol. The third-order valence-electron chi connectivity index (χ3n) is 3.57. The Morgan fingerprint density at radius 1 is 1.17 bits per heavy atom. The van der Waals surface area contributed by atoms with E-state index >= 15 is 0 Å². The Kier molecular flexibility index (Phi) is 10.9. The Morgan fingerprint density at radius 3 is 2.39 bits per heavy atom. The first-order valence-electron chi connectivity index (χ1n) is 7.44. The summed E-state index contributed by atoms with van der Waals surface area (Å²) >= 11 is 0. The van der Waals surface area contributed by atoms with Crippen LogP contribution in [0.25, 0.3) is 0 Å². The lowest BCUT2D eigenvalue weighted by atomic mass is 9.81. The molecule has 1 aromatic rings. The maximum Gasteiger partial charge on any atom is 0.451 e. The maximum atomic E-state index is 11.3. The number of carbonyl (C=O) groups is 1. The molecule has 0 radical (unpaired) electrons. The SMILES string of the molecule is Cl.NC(CCCCB(O)O)(CCOCc1ccccc1)C(=O)O. The van der Waals surface area contributed by atoms with Crippen molar-refractivity contribution in [2.75, 3.05) is 6.61 Å². The summed E-state index contributed by atoms with van der Waals surface area (Å²) in [5, 5.41) is 26.8. The summed E-state index contributed by atoms with van der Waals surface area (Å²) < 4.78 is 5.49. The summed E-state index contributed by atoms with van der Waals surface area (Å²) in [6.45, 7) is 0.688. The number of ether oxygens (including phenoxy) is 1. The molecule has 0 saturated heterocycles. The molecule has 0 heterocycles. The van der Waals surface area contributed by atoms with Gasteiger partial charge in [-0.3, -0.25) is 4.79 Å². The number of hydrogen-bond donors (Lipinski definition) is 4. The molecule has 0 aliphatic carbocycles. The average molecular weight is 346 g/mol. The Bertz CT molecular complexity index is 449. The van der Waals surface area contributed by atoms with Crippen molar-refractivity contribution in [3.63, 3.8) is 0 Å². The Hall–Kier alpha value is -1.12. The fourth-order valence-electron chi connectivity index (χ4n) is 2.12. The molecule has 0 aromatic heterocycles. The van der Waals surface area contributed by atoms with Crippen LogP contribution in [0.2, 0.25) is 6.32 Å². The first-order chi connectivity index (χ1) is 10.4. The second-order valence-corrected chi connectivity index (χ2v) is 5.48. The van der Waals surface area contributed by atoms with Crippen molar-refractivity contribution in [3.8, 4) is 0 Å². The average Bonchev–Trinajstić information content (AvgIpc) is 2.49. The summed E-state index contributed by atoms with van der Waals surface area (Å²) in [5.41, 5.74) is 5.62. The molecule has 23 heavy (non-hydrogen) atoms. The zero-order chi connectivity index (χ0) is 16.4.